The summed E-state index contributed by atoms with van der Waals surface area (Å²) in [7, 11) is 7.97. The average molecular weight is 785 g/mol. The van der Waals surface area contributed by atoms with Crippen LogP contribution in [-0.4, -0.2) is 88.5 Å². The van der Waals surface area contributed by atoms with E-state index in [1.807, 2.05) is 28.2 Å². The first kappa shape index (κ1) is 45.2. The van der Waals surface area contributed by atoms with Crippen molar-refractivity contribution in [3.05, 3.63) is 56.5 Å². The number of carbonyl (C=O) groups is 2. The Kier molecular flexibility index (Phi) is 31.0. The molecule has 0 heterocycles. The number of benzene rings is 2. The van der Waals surface area contributed by atoms with E-state index in [9.17, 15) is 10.2 Å². The van der Waals surface area contributed by atoms with E-state index < -0.39 is 11.9 Å². The number of nitrogens with zero attached hydrogens (tertiary/aromatic N) is 4. The number of aliphatic imine (C=N–C) groups is 2. The largest absolute Gasteiger partial charge is 2.00 e. The van der Waals surface area contributed by atoms with Crippen LogP contribution in [0.4, 0.5) is 0 Å². The summed E-state index contributed by atoms with van der Waals surface area (Å²) >= 11 is 6.64. The van der Waals surface area contributed by atoms with Crippen molar-refractivity contribution in [3.63, 3.8) is 0 Å². The Hall–Kier alpha value is -1.76. The second-order valence-corrected chi connectivity index (χ2v) is 9.86. The molecule has 0 aromatic heterocycles. The van der Waals surface area contributed by atoms with Crippen LogP contribution >= 0.6 is 31.9 Å². The van der Waals surface area contributed by atoms with Crippen molar-refractivity contribution in [1.29, 1.82) is 0 Å². The molecule has 0 saturated carbocycles. The van der Waals surface area contributed by atoms with Crippen molar-refractivity contribution < 1.29 is 64.2 Å². The van der Waals surface area contributed by atoms with Gasteiger partial charge < -0.3 is 39.8 Å². The van der Waals surface area contributed by atoms with Gasteiger partial charge in [0.1, 0.15) is 0 Å². The van der Waals surface area contributed by atoms with E-state index in [4.69, 9.17) is 19.8 Å². The number of hydrogen-bond acceptors (Lipinski definition) is 10. The van der Waals surface area contributed by atoms with Gasteiger partial charge in [-0.3, -0.25) is 9.98 Å². The van der Waals surface area contributed by atoms with Crippen LogP contribution in [0.2, 0.25) is 0 Å². The van der Waals surface area contributed by atoms with E-state index in [-0.39, 0.29) is 45.6 Å². The van der Waals surface area contributed by atoms with Crippen molar-refractivity contribution in [1.82, 2.24) is 9.80 Å². The SMILES string of the molecule is CC(=O)[O-].CC(=O)[O-].CN(C)CCN=Cc1cc(Br)ccc1[O-].CN(C)CCN=Cc1cc(Br)ccc1[O-].[Cu+2].[Cu+2]. The molecule has 0 aliphatic rings. The minimum absolute atomic E-state index is 0. The second-order valence-electron chi connectivity index (χ2n) is 8.02. The summed E-state index contributed by atoms with van der Waals surface area (Å²) in [6.07, 6.45) is 3.27. The topological polar surface area (TPSA) is 158 Å². The molecule has 2 rings (SSSR count). The van der Waals surface area contributed by atoms with E-state index in [0.29, 0.717) is 24.2 Å². The predicted octanol–water partition coefficient (Wildman–Crippen LogP) is 0.514. The summed E-state index contributed by atoms with van der Waals surface area (Å²) in [5.74, 6) is -2.15. The van der Waals surface area contributed by atoms with Gasteiger partial charge in [0.15, 0.2) is 0 Å². The summed E-state index contributed by atoms with van der Waals surface area (Å²) in [4.78, 5) is 30.3. The zero-order chi connectivity index (χ0) is 29.7. The molecule has 2 aromatic rings. The molecule has 14 heteroatoms. The molecule has 0 amide bonds. The van der Waals surface area contributed by atoms with Crippen LogP contribution in [0.5, 0.6) is 11.5 Å². The minimum atomic E-state index is -1.08. The third-order valence-corrected chi connectivity index (χ3v) is 4.74. The van der Waals surface area contributed by atoms with Crippen LogP contribution in [0.1, 0.15) is 25.0 Å². The summed E-state index contributed by atoms with van der Waals surface area (Å²) < 4.78 is 1.80. The minimum Gasteiger partial charge on any atom is -0.872 e. The first-order valence-electron chi connectivity index (χ1n) is 11.2. The Morgan fingerprint density at radius 3 is 1.25 bits per heavy atom. The number of halogens is 2. The number of carboxylic acid groups (broad SMARTS) is 2. The van der Waals surface area contributed by atoms with Gasteiger partial charge in [0.05, 0.1) is 13.1 Å². The Morgan fingerprint density at radius 1 is 0.725 bits per heavy atom. The molecule has 0 atom stereocenters. The maximum atomic E-state index is 11.4. The monoisotopic (exact) mass is 782 g/mol. The Balaban J connectivity index is -0.000000246. The standard InChI is InChI=1S/2C11H15BrN2O.2C2H4O2.2Cu/c2*1-14(2)6-5-13-8-9-7-10(12)3-4-11(9)15;2*1-2(3)4;;/h2*3-4,7-8,15H,5-6H2,1-2H3;2*1H3,(H,3,4);;/q;;;;2*+2/p-4. The molecule has 2 aromatic carbocycles. The number of likely N-dealkylation sites (N-methyl/N-ethyl adjacent to an activating group) is 2. The van der Waals surface area contributed by atoms with Crippen molar-refractivity contribution in [3.8, 4) is 11.5 Å². The molecule has 0 bridgehead atoms. The quantitative estimate of drug-likeness (QED) is 0.277. The van der Waals surface area contributed by atoms with Crippen LogP contribution in [-0.2, 0) is 43.7 Å². The molecule has 0 saturated heterocycles. The summed E-state index contributed by atoms with van der Waals surface area (Å²) in [6.45, 7) is 5.13. The van der Waals surface area contributed by atoms with Crippen LogP contribution in [0.3, 0.4) is 0 Å². The molecule has 0 fully saturated rings. The van der Waals surface area contributed by atoms with Crippen LogP contribution in [0.25, 0.3) is 0 Å². The van der Waals surface area contributed by atoms with Crippen molar-refractivity contribution in [2.45, 2.75) is 13.8 Å². The van der Waals surface area contributed by atoms with Gasteiger partial charge >= 0.3 is 34.1 Å². The third-order valence-electron chi connectivity index (χ3n) is 3.76. The fourth-order valence-electron chi connectivity index (χ4n) is 2.08. The average Bonchev–Trinajstić information content (AvgIpc) is 2.78. The van der Waals surface area contributed by atoms with Gasteiger partial charge in [-0.15, -0.1) is 0 Å². The second kappa shape index (κ2) is 27.4. The van der Waals surface area contributed by atoms with Gasteiger partial charge in [0.2, 0.25) is 0 Å². The number of aliphatic carboxylic acids is 2. The number of hydrogen-bond donors (Lipinski definition) is 0. The van der Waals surface area contributed by atoms with E-state index in [2.05, 4.69) is 51.6 Å². The zero-order valence-electron chi connectivity index (χ0n) is 23.0. The maximum Gasteiger partial charge on any atom is 2.00 e. The summed E-state index contributed by atoms with van der Waals surface area (Å²) in [6, 6.07) is 10.1. The Bertz CT molecular complexity index is 953. The van der Waals surface area contributed by atoms with Crippen LogP contribution in [0, 0.1) is 0 Å². The van der Waals surface area contributed by atoms with Crippen molar-refractivity contribution >= 4 is 56.2 Å². The van der Waals surface area contributed by atoms with Gasteiger partial charge in [-0.25, -0.2) is 0 Å². The summed E-state index contributed by atoms with van der Waals surface area (Å²) in [5, 5.41) is 40.5. The van der Waals surface area contributed by atoms with Crippen molar-refractivity contribution in [2.24, 2.45) is 9.98 Å². The van der Waals surface area contributed by atoms with E-state index in [1.54, 1.807) is 36.7 Å². The Morgan fingerprint density at radius 2 is 1.00 bits per heavy atom. The van der Waals surface area contributed by atoms with Gasteiger partial charge in [0.25, 0.3) is 0 Å². The maximum absolute atomic E-state index is 11.4. The smallest absolute Gasteiger partial charge is 0.872 e. The van der Waals surface area contributed by atoms with Gasteiger partial charge in [-0.05, 0) is 77.4 Å². The normalized spacial score (nSPS) is 9.85. The fourth-order valence-corrected chi connectivity index (χ4v) is 2.84. The first-order valence-corrected chi connectivity index (χ1v) is 12.8. The van der Waals surface area contributed by atoms with Crippen LogP contribution < -0.4 is 20.4 Å². The molecule has 0 aliphatic carbocycles. The van der Waals surface area contributed by atoms with E-state index in [0.717, 1.165) is 35.9 Å². The zero-order valence-corrected chi connectivity index (χ0v) is 28.1. The van der Waals surface area contributed by atoms with Gasteiger partial charge in [0, 0.05) is 46.4 Å². The van der Waals surface area contributed by atoms with Crippen LogP contribution in [0.15, 0.2) is 55.3 Å². The Labute approximate surface area is 274 Å². The number of carbonyl (C=O) groups excluding carboxylic acids is 2. The van der Waals surface area contributed by atoms with Gasteiger partial charge in [-0.2, -0.15) is 0 Å². The van der Waals surface area contributed by atoms with Gasteiger partial charge in [-0.1, -0.05) is 55.5 Å². The molecule has 230 valence electrons. The molecule has 0 spiro atoms. The molecule has 10 nitrogen and oxygen atoms in total. The third kappa shape index (κ3) is 30.8. The molecule has 0 aliphatic heterocycles. The molecular weight excluding hydrogens is 751 g/mol. The fraction of sp³-hybridized carbons (Fsp3) is 0.385. The van der Waals surface area contributed by atoms with E-state index in [1.165, 1.54) is 12.1 Å². The van der Waals surface area contributed by atoms with Crippen molar-refractivity contribution in [2.75, 3.05) is 54.4 Å². The predicted molar refractivity (Wildman–Crippen MR) is 151 cm³/mol. The molecule has 0 N–H and O–H groups in total. The molecule has 2 radical (unpaired) electrons. The molecule has 0 unspecified atom stereocenters. The first-order chi connectivity index (χ1) is 17.6. The van der Waals surface area contributed by atoms with E-state index >= 15 is 0 Å². The number of rotatable bonds is 8. The molecule has 40 heavy (non-hydrogen) atoms. The summed E-state index contributed by atoms with van der Waals surface area (Å²) in [5.41, 5.74) is 1.26. The number of carboxylic acids is 2. The molecular formula is C26H34Br2Cu2N4O6.